The SMILES string of the molecule is CNCC(C)C(=O)N1CCN(Cc2ccccc2)CC1. The Morgan fingerprint density at radius 1 is 1.20 bits per heavy atom. The van der Waals surface area contributed by atoms with E-state index < -0.39 is 0 Å². The van der Waals surface area contributed by atoms with Crippen molar-refractivity contribution in [2.45, 2.75) is 13.5 Å². The van der Waals surface area contributed by atoms with Crippen LogP contribution >= 0.6 is 0 Å². The van der Waals surface area contributed by atoms with E-state index in [4.69, 9.17) is 0 Å². The largest absolute Gasteiger partial charge is 0.340 e. The molecular formula is C16H25N3O. The zero-order valence-electron chi connectivity index (χ0n) is 12.5. The molecule has 2 rings (SSSR count). The van der Waals surface area contributed by atoms with Gasteiger partial charge in [-0.25, -0.2) is 0 Å². The summed E-state index contributed by atoms with van der Waals surface area (Å²) in [7, 11) is 1.89. The molecule has 1 heterocycles. The van der Waals surface area contributed by atoms with Gasteiger partial charge in [-0.05, 0) is 12.6 Å². The molecule has 0 spiro atoms. The maximum atomic E-state index is 12.2. The number of carbonyl (C=O) groups excluding carboxylic acids is 1. The molecule has 1 unspecified atom stereocenters. The van der Waals surface area contributed by atoms with Crippen LogP contribution in [0.4, 0.5) is 0 Å². The molecule has 0 aromatic heterocycles. The van der Waals surface area contributed by atoms with Crippen LogP contribution in [0.25, 0.3) is 0 Å². The number of benzene rings is 1. The zero-order chi connectivity index (χ0) is 14.4. The van der Waals surface area contributed by atoms with Gasteiger partial charge in [-0.2, -0.15) is 0 Å². The van der Waals surface area contributed by atoms with Crippen molar-refractivity contribution in [3.05, 3.63) is 35.9 Å². The molecule has 1 saturated heterocycles. The standard InChI is InChI=1S/C16H25N3O/c1-14(12-17-2)16(20)19-10-8-18(9-11-19)13-15-6-4-3-5-7-15/h3-7,14,17H,8-13H2,1-2H3. The number of nitrogens with zero attached hydrogens (tertiary/aromatic N) is 2. The highest BCUT2D eigenvalue weighted by atomic mass is 16.2. The highest BCUT2D eigenvalue weighted by molar-refractivity contribution is 5.78. The lowest BCUT2D eigenvalue weighted by Gasteiger charge is -2.36. The van der Waals surface area contributed by atoms with Crippen LogP contribution in [0.5, 0.6) is 0 Å². The van der Waals surface area contributed by atoms with Gasteiger partial charge in [0, 0.05) is 45.2 Å². The number of hydrogen-bond donors (Lipinski definition) is 1. The van der Waals surface area contributed by atoms with E-state index in [-0.39, 0.29) is 11.8 Å². The minimum Gasteiger partial charge on any atom is -0.340 e. The maximum Gasteiger partial charge on any atom is 0.226 e. The molecular weight excluding hydrogens is 250 g/mol. The van der Waals surface area contributed by atoms with Crippen molar-refractivity contribution in [3.63, 3.8) is 0 Å². The minimum atomic E-state index is 0.0701. The summed E-state index contributed by atoms with van der Waals surface area (Å²) in [5.41, 5.74) is 1.34. The second-order valence-corrected chi connectivity index (χ2v) is 5.55. The highest BCUT2D eigenvalue weighted by Gasteiger charge is 2.24. The van der Waals surface area contributed by atoms with Gasteiger partial charge in [0.1, 0.15) is 0 Å². The van der Waals surface area contributed by atoms with E-state index in [2.05, 4.69) is 34.5 Å². The Morgan fingerprint density at radius 2 is 1.85 bits per heavy atom. The van der Waals surface area contributed by atoms with Crippen molar-refractivity contribution in [1.82, 2.24) is 15.1 Å². The predicted octanol–water partition coefficient (Wildman–Crippen LogP) is 1.19. The van der Waals surface area contributed by atoms with Gasteiger partial charge in [0.25, 0.3) is 0 Å². The lowest BCUT2D eigenvalue weighted by atomic mass is 10.1. The summed E-state index contributed by atoms with van der Waals surface area (Å²) in [5.74, 6) is 0.347. The average Bonchev–Trinajstić information content (AvgIpc) is 2.48. The third-order valence-corrected chi connectivity index (χ3v) is 3.86. The van der Waals surface area contributed by atoms with Crippen LogP contribution in [-0.4, -0.2) is 55.5 Å². The number of piperazine rings is 1. The van der Waals surface area contributed by atoms with Gasteiger partial charge in [0.2, 0.25) is 5.91 Å². The fraction of sp³-hybridized carbons (Fsp3) is 0.562. The van der Waals surface area contributed by atoms with Crippen molar-refractivity contribution in [1.29, 1.82) is 0 Å². The summed E-state index contributed by atoms with van der Waals surface area (Å²) < 4.78 is 0. The first-order chi connectivity index (χ1) is 9.70. The van der Waals surface area contributed by atoms with E-state index >= 15 is 0 Å². The van der Waals surface area contributed by atoms with E-state index in [0.717, 1.165) is 39.3 Å². The second kappa shape index (κ2) is 7.41. The molecule has 0 saturated carbocycles. The fourth-order valence-corrected chi connectivity index (χ4v) is 2.67. The van der Waals surface area contributed by atoms with Gasteiger partial charge >= 0.3 is 0 Å². The van der Waals surface area contributed by atoms with Crippen LogP contribution < -0.4 is 5.32 Å². The average molecular weight is 275 g/mol. The molecule has 1 aromatic carbocycles. The Hall–Kier alpha value is -1.39. The van der Waals surface area contributed by atoms with E-state index in [9.17, 15) is 4.79 Å². The van der Waals surface area contributed by atoms with Crippen LogP contribution in [0.15, 0.2) is 30.3 Å². The van der Waals surface area contributed by atoms with Crippen molar-refractivity contribution in [2.75, 3.05) is 39.8 Å². The molecule has 0 radical (unpaired) electrons. The molecule has 1 fully saturated rings. The predicted molar refractivity (Wildman–Crippen MR) is 81.4 cm³/mol. The number of carbonyl (C=O) groups is 1. The number of nitrogens with one attached hydrogen (secondary N) is 1. The zero-order valence-corrected chi connectivity index (χ0v) is 12.5. The quantitative estimate of drug-likeness (QED) is 0.877. The molecule has 1 amide bonds. The van der Waals surface area contributed by atoms with E-state index in [1.54, 1.807) is 0 Å². The summed E-state index contributed by atoms with van der Waals surface area (Å²) in [6, 6.07) is 10.5. The van der Waals surface area contributed by atoms with Gasteiger partial charge in [0.05, 0.1) is 0 Å². The third-order valence-electron chi connectivity index (χ3n) is 3.86. The summed E-state index contributed by atoms with van der Waals surface area (Å²) in [6.45, 7) is 7.35. The molecule has 110 valence electrons. The number of rotatable bonds is 5. The lowest BCUT2D eigenvalue weighted by Crippen LogP contribution is -2.50. The third kappa shape index (κ3) is 4.05. The molecule has 0 bridgehead atoms. The molecule has 4 nitrogen and oxygen atoms in total. The van der Waals surface area contributed by atoms with E-state index in [1.165, 1.54) is 5.56 Å². The summed E-state index contributed by atoms with van der Waals surface area (Å²) >= 11 is 0. The molecule has 20 heavy (non-hydrogen) atoms. The Morgan fingerprint density at radius 3 is 2.45 bits per heavy atom. The van der Waals surface area contributed by atoms with Crippen molar-refractivity contribution >= 4 is 5.91 Å². The molecule has 1 aliphatic heterocycles. The fourth-order valence-electron chi connectivity index (χ4n) is 2.67. The summed E-state index contributed by atoms with van der Waals surface area (Å²) in [6.07, 6.45) is 0. The summed E-state index contributed by atoms with van der Waals surface area (Å²) in [4.78, 5) is 16.6. The number of hydrogen-bond acceptors (Lipinski definition) is 3. The van der Waals surface area contributed by atoms with Gasteiger partial charge < -0.3 is 10.2 Å². The van der Waals surface area contributed by atoms with Crippen LogP contribution in [-0.2, 0) is 11.3 Å². The Bertz CT molecular complexity index is 413. The first-order valence-electron chi connectivity index (χ1n) is 7.40. The van der Waals surface area contributed by atoms with Gasteiger partial charge in [0.15, 0.2) is 0 Å². The maximum absolute atomic E-state index is 12.2. The monoisotopic (exact) mass is 275 g/mol. The smallest absolute Gasteiger partial charge is 0.226 e. The first-order valence-corrected chi connectivity index (χ1v) is 7.40. The lowest BCUT2D eigenvalue weighted by molar-refractivity contribution is -0.136. The Labute approximate surface area is 121 Å². The van der Waals surface area contributed by atoms with Crippen molar-refractivity contribution in [2.24, 2.45) is 5.92 Å². The van der Waals surface area contributed by atoms with Crippen molar-refractivity contribution < 1.29 is 4.79 Å². The molecule has 1 N–H and O–H groups in total. The molecule has 0 aliphatic carbocycles. The van der Waals surface area contributed by atoms with Crippen LogP contribution in [0.2, 0.25) is 0 Å². The van der Waals surface area contributed by atoms with Gasteiger partial charge in [-0.3, -0.25) is 9.69 Å². The Kier molecular flexibility index (Phi) is 5.56. The molecule has 1 atom stereocenters. The van der Waals surface area contributed by atoms with Crippen LogP contribution in [0, 0.1) is 5.92 Å². The van der Waals surface area contributed by atoms with Crippen molar-refractivity contribution in [3.8, 4) is 0 Å². The second-order valence-electron chi connectivity index (χ2n) is 5.55. The molecule has 4 heteroatoms. The number of amides is 1. The van der Waals surface area contributed by atoms with E-state index in [0.29, 0.717) is 0 Å². The van der Waals surface area contributed by atoms with Gasteiger partial charge in [-0.1, -0.05) is 37.3 Å². The van der Waals surface area contributed by atoms with Crippen LogP contribution in [0.1, 0.15) is 12.5 Å². The molecule has 1 aliphatic rings. The Balaban J connectivity index is 1.79. The van der Waals surface area contributed by atoms with E-state index in [1.807, 2.05) is 24.9 Å². The highest BCUT2D eigenvalue weighted by Crippen LogP contribution is 2.10. The van der Waals surface area contributed by atoms with Gasteiger partial charge in [-0.15, -0.1) is 0 Å². The summed E-state index contributed by atoms with van der Waals surface area (Å²) in [5, 5.41) is 3.07. The minimum absolute atomic E-state index is 0.0701. The first kappa shape index (κ1) is 15.0. The van der Waals surface area contributed by atoms with Crippen LogP contribution in [0.3, 0.4) is 0 Å². The normalized spacial score (nSPS) is 18.0. The topological polar surface area (TPSA) is 35.6 Å². The molecule has 1 aromatic rings.